The van der Waals surface area contributed by atoms with E-state index < -0.39 is 0 Å². The van der Waals surface area contributed by atoms with Crippen LogP contribution in [-0.2, 0) is 24.4 Å². The summed E-state index contributed by atoms with van der Waals surface area (Å²) in [6.07, 6.45) is 2.00. The summed E-state index contributed by atoms with van der Waals surface area (Å²) in [6, 6.07) is 0.307. The Hall–Kier alpha value is -1.35. The zero-order valence-corrected chi connectivity index (χ0v) is 15.4. The lowest BCUT2D eigenvalue weighted by molar-refractivity contribution is 0.181. The second-order valence-electron chi connectivity index (χ2n) is 6.58. The van der Waals surface area contributed by atoms with Gasteiger partial charge in [0.15, 0.2) is 0 Å². The topological polar surface area (TPSA) is 82.1 Å². The molecule has 0 aromatic carbocycles. The summed E-state index contributed by atoms with van der Waals surface area (Å²) in [4.78, 5) is 6.75. The fourth-order valence-electron chi connectivity index (χ4n) is 3.12. The Morgan fingerprint density at radius 1 is 1.38 bits per heavy atom. The van der Waals surface area contributed by atoms with Gasteiger partial charge in [0.25, 0.3) is 0 Å². The van der Waals surface area contributed by atoms with Crippen molar-refractivity contribution in [2.45, 2.75) is 51.4 Å². The van der Waals surface area contributed by atoms with Crippen molar-refractivity contribution in [3.8, 4) is 0 Å². The lowest BCUT2D eigenvalue weighted by atomic mass is 9.80. The van der Waals surface area contributed by atoms with Crippen molar-refractivity contribution in [2.24, 2.45) is 5.73 Å². The number of nitrogens with two attached hydrogens (primary N) is 1. The van der Waals surface area contributed by atoms with E-state index >= 15 is 0 Å². The van der Waals surface area contributed by atoms with E-state index in [1.54, 1.807) is 18.4 Å². The molecule has 0 saturated heterocycles. The minimum Gasteiger partial charge on any atom is -0.383 e. The summed E-state index contributed by atoms with van der Waals surface area (Å²) in [5.41, 5.74) is 7.04. The Labute approximate surface area is 146 Å². The van der Waals surface area contributed by atoms with Gasteiger partial charge in [0, 0.05) is 37.5 Å². The molecule has 2 aromatic heterocycles. The van der Waals surface area contributed by atoms with Crippen LogP contribution in [0, 0.1) is 6.92 Å². The molecule has 0 radical (unpaired) electrons. The van der Waals surface area contributed by atoms with Gasteiger partial charge in [-0.1, -0.05) is 0 Å². The average Bonchev–Trinajstić information content (AvgIpc) is 3.08. The van der Waals surface area contributed by atoms with E-state index in [1.165, 1.54) is 0 Å². The summed E-state index contributed by atoms with van der Waals surface area (Å²) >= 11 is 1.69. The third-order valence-electron chi connectivity index (χ3n) is 4.42. The Kier molecular flexibility index (Phi) is 5.60. The van der Waals surface area contributed by atoms with Crippen LogP contribution in [0.5, 0.6) is 0 Å². The van der Waals surface area contributed by atoms with Gasteiger partial charge in [-0.3, -0.25) is 4.90 Å². The Bertz CT molecular complexity index is 663. The van der Waals surface area contributed by atoms with Crippen LogP contribution in [-0.4, -0.2) is 51.5 Å². The van der Waals surface area contributed by atoms with E-state index in [2.05, 4.69) is 37.1 Å². The van der Waals surface area contributed by atoms with Gasteiger partial charge in [-0.25, -0.2) is 4.98 Å². The van der Waals surface area contributed by atoms with Gasteiger partial charge in [-0.2, -0.15) is 0 Å². The van der Waals surface area contributed by atoms with E-state index in [4.69, 9.17) is 10.5 Å². The monoisotopic (exact) mass is 350 g/mol. The molecule has 1 fully saturated rings. The van der Waals surface area contributed by atoms with Crippen LogP contribution in [0.3, 0.4) is 0 Å². The summed E-state index contributed by atoms with van der Waals surface area (Å²) < 4.78 is 7.47. The van der Waals surface area contributed by atoms with Crippen molar-refractivity contribution in [3.63, 3.8) is 0 Å². The van der Waals surface area contributed by atoms with Crippen molar-refractivity contribution in [3.05, 3.63) is 27.7 Å². The Morgan fingerprint density at radius 2 is 2.17 bits per heavy atom. The Morgan fingerprint density at radius 3 is 2.79 bits per heavy atom. The van der Waals surface area contributed by atoms with Crippen molar-refractivity contribution in [2.75, 3.05) is 20.8 Å². The van der Waals surface area contributed by atoms with E-state index in [9.17, 15) is 0 Å². The third-order valence-corrected chi connectivity index (χ3v) is 5.25. The molecule has 132 valence electrons. The zero-order chi connectivity index (χ0) is 17.1. The highest BCUT2D eigenvalue weighted by Crippen LogP contribution is 2.34. The number of rotatable bonds is 8. The van der Waals surface area contributed by atoms with Crippen LogP contribution in [0.1, 0.15) is 41.1 Å². The highest BCUT2D eigenvalue weighted by atomic mass is 32.1. The fourth-order valence-corrected chi connectivity index (χ4v) is 3.73. The second kappa shape index (κ2) is 7.69. The molecule has 2 aromatic rings. The average molecular weight is 350 g/mol. The molecule has 0 amide bonds. The first-order chi connectivity index (χ1) is 11.6. The van der Waals surface area contributed by atoms with E-state index in [0.29, 0.717) is 18.6 Å². The predicted octanol–water partition coefficient (Wildman–Crippen LogP) is 1.53. The van der Waals surface area contributed by atoms with Crippen molar-refractivity contribution >= 4 is 11.3 Å². The maximum atomic E-state index is 5.94. The van der Waals surface area contributed by atoms with Crippen LogP contribution in [0.15, 0.2) is 5.38 Å². The zero-order valence-electron chi connectivity index (χ0n) is 14.6. The van der Waals surface area contributed by atoms with Gasteiger partial charge < -0.3 is 15.0 Å². The van der Waals surface area contributed by atoms with Crippen LogP contribution in [0.2, 0.25) is 0 Å². The lowest BCUT2D eigenvalue weighted by Crippen LogP contribution is -2.36. The summed E-state index contributed by atoms with van der Waals surface area (Å²) in [6.45, 7) is 5.03. The first-order valence-electron chi connectivity index (χ1n) is 8.33. The molecule has 1 aliphatic carbocycles. The summed E-state index contributed by atoms with van der Waals surface area (Å²) in [5.74, 6) is 2.48. The van der Waals surface area contributed by atoms with Gasteiger partial charge in [0.05, 0.1) is 23.9 Å². The molecular formula is C16H26N6OS. The number of aromatic nitrogens is 4. The smallest absolute Gasteiger partial charge is 0.147 e. The number of ether oxygens (including phenoxy) is 1. The number of aryl methyl sites for hydroxylation is 1. The fraction of sp³-hybridized carbons (Fsp3) is 0.688. The molecule has 7 nitrogen and oxygen atoms in total. The molecular weight excluding hydrogens is 324 g/mol. The van der Waals surface area contributed by atoms with Gasteiger partial charge >= 0.3 is 0 Å². The molecule has 2 N–H and O–H groups in total. The van der Waals surface area contributed by atoms with Crippen LogP contribution < -0.4 is 5.73 Å². The summed E-state index contributed by atoms with van der Waals surface area (Å²) in [7, 11) is 3.81. The molecule has 8 heteroatoms. The predicted molar refractivity (Wildman–Crippen MR) is 93.9 cm³/mol. The first kappa shape index (κ1) is 17.5. The van der Waals surface area contributed by atoms with E-state index in [1.807, 2.05) is 6.92 Å². The standard InChI is InChI=1S/C16H26N6OS/c1-11-18-14(10-24-11)8-21(2)9-15-19-20-16(12-6-13(17)7-12)22(15)4-5-23-3/h10,12-13H,4-9,17H2,1-3H3. The number of nitrogens with zero attached hydrogens (tertiary/aromatic N) is 5. The molecule has 1 saturated carbocycles. The molecule has 0 atom stereocenters. The van der Waals surface area contributed by atoms with Crippen molar-refractivity contribution in [1.29, 1.82) is 0 Å². The quantitative estimate of drug-likeness (QED) is 0.777. The van der Waals surface area contributed by atoms with E-state index in [-0.39, 0.29) is 0 Å². The number of methoxy groups -OCH3 is 1. The van der Waals surface area contributed by atoms with Crippen LogP contribution in [0.4, 0.5) is 0 Å². The van der Waals surface area contributed by atoms with Crippen molar-refractivity contribution in [1.82, 2.24) is 24.6 Å². The molecule has 24 heavy (non-hydrogen) atoms. The highest BCUT2D eigenvalue weighted by molar-refractivity contribution is 7.09. The van der Waals surface area contributed by atoms with Gasteiger partial charge in [-0.05, 0) is 26.8 Å². The lowest BCUT2D eigenvalue weighted by Gasteiger charge is -2.32. The molecule has 1 aliphatic rings. The van der Waals surface area contributed by atoms with Gasteiger partial charge in [0.1, 0.15) is 11.6 Å². The van der Waals surface area contributed by atoms with Gasteiger partial charge in [-0.15, -0.1) is 21.5 Å². The van der Waals surface area contributed by atoms with Crippen molar-refractivity contribution < 1.29 is 4.74 Å². The highest BCUT2D eigenvalue weighted by Gasteiger charge is 2.32. The minimum absolute atomic E-state index is 0.307. The maximum Gasteiger partial charge on any atom is 0.147 e. The SMILES string of the molecule is COCCn1c(CN(C)Cc2csc(C)n2)nnc1C1CC(N)C1. The molecule has 3 rings (SSSR count). The third kappa shape index (κ3) is 4.00. The van der Waals surface area contributed by atoms with Gasteiger partial charge in [0.2, 0.25) is 0 Å². The molecule has 2 heterocycles. The molecule has 0 aliphatic heterocycles. The largest absolute Gasteiger partial charge is 0.383 e. The van der Waals surface area contributed by atoms with Crippen LogP contribution in [0.25, 0.3) is 0 Å². The maximum absolute atomic E-state index is 5.94. The number of thiazole rings is 1. The molecule has 0 bridgehead atoms. The van der Waals surface area contributed by atoms with Crippen LogP contribution >= 0.6 is 11.3 Å². The first-order valence-corrected chi connectivity index (χ1v) is 9.20. The Balaban J connectivity index is 1.69. The molecule has 0 unspecified atom stereocenters. The number of hydrogen-bond donors (Lipinski definition) is 1. The second-order valence-corrected chi connectivity index (χ2v) is 7.64. The van der Waals surface area contributed by atoms with E-state index in [0.717, 1.165) is 54.8 Å². The molecule has 0 spiro atoms. The summed E-state index contributed by atoms with van der Waals surface area (Å²) in [5, 5.41) is 12.1. The minimum atomic E-state index is 0.307. The normalized spacial score (nSPS) is 20.5. The number of hydrogen-bond acceptors (Lipinski definition) is 7.